The van der Waals surface area contributed by atoms with Gasteiger partial charge in [0.1, 0.15) is 12.1 Å². The molecule has 7 N–H and O–H groups in total. The molecule has 1 aliphatic rings. The maximum absolute atomic E-state index is 12.5. The molecule has 1 aromatic heterocycles. The third-order valence-electron chi connectivity index (χ3n) is 5.43. The first-order valence-electron chi connectivity index (χ1n) is 10.3. The molecule has 1 aromatic carbocycles. The SMILES string of the molecule is C[C@H](N)C(=O)N1CCCC1C(=O)NCC(=O)N[C@@H](Cc1c[nH]c2ccccc12)C(N)=O. The van der Waals surface area contributed by atoms with Crippen molar-refractivity contribution in [2.45, 2.75) is 44.3 Å². The van der Waals surface area contributed by atoms with Crippen LogP contribution >= 0.6 is 0 Å². The molecule has 31 heavy (non-hydrogen) atoms. The molecule has 166 valence electrons. The predicted octanol–water partition coefficient (Wildman–Crippen LogP) is -0.865. The lowest BCUT2D eigenvalue weighted by atomic mass is 10.0. The van der Waals surface area contributed by atoms with E-state index in [-0.39, 0.29) is 18.9 Å². The summed E-state index contributed by atoms with van der Waals surface area (Å²) in [6, 6.07) is 5.34. The number of aromatic amines is 1. The number of primary amides is 1. The first-order valence-corrected chi connectivity index (χ1v) is 10.3. The predicted molar refractivity (Wildman–Crippen MR) is 115 cm³/mol. The molecule has 1 fully saturated rings. The molecule has 1 unspecified atom stereocenters. The van der Waals surface area contributed by atoms with Crippen LogP contribution in [0.2, 0.25) is 0 Å². The lowest BCUT2D eigenvalue weighted by Gasteiger charge is -2.25. The van der Waals surface area contributed by atoms with Crippen molar-refractivity contribution in [1.29, 1.82) is 0 Å². The Morgan fingerprint density at radius 1 is 1.26 bits per heavy atom. The van der Waals surface area contributed by atoms with Crippen LogP contribution in [-0.2, 0) is 25.6 Å². The summed E-state index contributed by atoms with van der Waals surface area (Å²) in [5, 5.41) is 6.05. The fourth-order valence-corrected chi connectivity index (χ4v) is 3.84. The molecule has 1 saturated heterocycles. The fraction of sp³-hybridized carbons (Fsp3) is 0.429. The average molecular weight is 428 g/mol. The highest BCUT2D eigenvalue weighted by atomic mass is 16.2. The van der Waals surface area contributed by atoms with Gasteiger partial charge in [0, 0.05) is 30.1 Å². The molecule has 10 heteroatoms. The number of nitrogens with two attached hydrogens (primary N) is 2. The number of carbonyl (C=O) groups excluding carboxylic acids is 4. The molecular formula is C21H28N6O4. The number of nitrogens with zero attached hydrogens (tertiary/aromatic N) is 1. The molecule has 4 amide bonds. The summed E-state index contributed by atoms with van der Waals surface area (Å²) >= 11 is 0. The van der Waals surface area contributed by atoms with Gasteiger partial charge in [-0.3, -0.25) is 19.2 Å². The number of hydrogen-bond donors (Lipinski definition) is 5. The van der Waals surface area contributed by atoms with Crippen molar-refractivity contribution in [1.82, 2.24) is 20.5 Å². The fourth-order valence-electron chi connectivity index (χ4n) is 3.84. The Morgan fingerprint density at radius 2 is 2.00 bits per heavy atom. The van der Waals surface area contributed by atoms with Gasteiger partial charge in [0.2, 0.25) is 23.6 Å². The van der Waals surface area contributed by atoms with Gasteiger partial charge in [-0.15, -0.1) is 0 Å². The van der Waals surface area contributed by atoms with Gasteiger partial charge in [0.25, 0.3) is 0 Å². The summed E-state index contributed by atoms with van der Waals surface area (Å²) < 4.78 is 0. The zero-order valence-electron chi connectivity index (χ0n) is 17.4. The second-order valence-electron chi connectivity index (χ2n) is 7.78. The van der Waals surface area contributed by atoms with Crippen LogP contribution < -0.4 is 22.1 Å². The van der Waals surface area contributed by atoms with Crippen molar-refractivity contribution >= 4 is 34.5 Å². The van der Waals surface area contributed by atoms with E-state index in [0.29, 0.717) is 19.4 Å². The number of hydrogen-bond acceptors (Lipinski definition) is 5. The van der Waals surface area contributed by atoms with Crippen molar-refractivity contribution in [3.8, 4) is 0 Å². The van der Waals surface area contributed by atoms with Gasteiger partial charge in [-0.1, -0.05) is 18.2 Å². The second-order valence-corrected chi connectivity index (χ2v) is 7.78. The van der Waals surface area contributed by atoms with Gasteiger partial charge in [-0.25, -0.2) is 0 Å². The number of nitrogens with one attached hydrogen (secondary N) is 3. The highest BCUT2D eigenvalue weighted by molar-refractivity contribution is 5.93. The van der Waals surface area contributed by atoms with Gasteiger partial charge >= 0.3 is 0 Å². The minimum atomic E-state index is -0.925. The van der Waals surface area contributed by atoms with Gasteiger partial charge < -0.3 is 32.0 Å². The van der Waals surface area contributed by atoms with E-state index in [0.717, 1.165) is 16.5 Å². The third kappa shape index (κ3) is 5.21. The van der Waals surface area contributed by atoms with Crippen LogP contribution in [0.4, 0.5) is 0 Å². The number of carbonyl (C=O) groups is 4. The molecule has 1 aliphatic heterocycles. The minimum Gasteiger partial charge on any atom is -0.368 e. The van der Waals surface area contributed by atoms with E-state index >= 15 is 0 Å². The average Bonchev–Trinajstić information content (AvgIpc) is 3.38. The Morgan fingerprint density at radius 3 is 2.71 bits per heavy atom. The third-order valence-corrected chi connectivity index (χ3v) is 5.43. The summed E-state index contributed by atoms with van der Waals surface area (Å²) in [7, 11) is 0. The first kappa shape index (κ1) is 22.3. The number of amides is 4. The van der Waals surface area contributed by atoms with Crippen LogP contribution in [0.5, 0.6) is 0 Å². The lowest BCUT2D eigenvalue weighted by Crippen LogP contribution is -2.53. The molecule has 2 heterocycles. The van der Waals surface area contributed by atoms with Crippen LogP contribution in [0, 0.1) is 0 Å². The highest BCUT2D eigenvalue weighted by Gasteiger charge is 2.35. The van der Waals surface area contributed by atoms with Crippen LogP contribution in [0.15, 0.2) is 30.5 Å². The van der Waals surface area contributed by atoms with E-state index in [9.17, 15) is 19.2 Å². The van der Waals surface area contributed by atoms with E-state index < -0.39 is 35.8 Å². The Kier molecular flexibility index (Phi) is 6.91. The van der Waals surface area contributed by atoms with Crippen LogP contribution in [0.3, 0.4) is 0 Å². The zero-order chi connectivity index (χ0) is 22.5. The van der Waals surface area contributed by atoms with Gasteiger partial charge in [-0.2, -0.15) is 0 Å². The van der Waals surface area contributed by atoms with Crippen molar-refractivity contribution in [2.75, 3.05) is 13.1 Å². The second kappa shape index (κ2) is 9.61. The Labute approximate surface area is 179 Å². The van der Waals surface area contributed by atoms with E-state index in [1.807, 2.05) is 24.3 Å². The number of benzene rings is 1. The summed E-state index contributed by atoms with van der Waals surface area (Å²) in [5.41, 5.74) is 12.9. The highest BCUT2D eigenvalue weighted by Crippen LogP contribution is 2.19. The van der Waals surface area contributed by atoms with Crippen LogP contribution in [-0.4, -0.2) is 64.7 Å². The number of rotatable bonds is 8. The largest absolute Gasteiger partial charge is 0.368 e. The lowest BCUT2D eigenvalue weighted by molar-refractivity contribution is -0.139. The summed E-state index contributed by atoms with van der Waals surface area (Å²) in [6.07, 6.45) is 3.20. The van der Waals surface area contributed by atoms with E-state index in [4.69, 9.17) is 11.5 Å². The van der Waals surface area contributed by atoms with Crippen LogP contribution in [0.25, 0.3) is 10.9 Å². The smallest absolute Gasteiger partial charge is 0.243 e. The number of fused-ring (bicyclic) bond motifs is 1. The molecule has 0 radical (unpaired) electrons. The minimum absolute atomic E-state index is 0.221. The summed E-state index contributed by atoms with van der Waals surface area (Å²) in [4.78, 5) is 53.4. The zero-order valence-corrected chi connectivity index (χ0v) is 17.4. The summed E-state index contributed by atoms with van der Waals surface area (Å²) in [6.45, 7) is 1.70. The Hall–Kier alpha value is -3.40. The van der Waals surface area contributed by atoms with Gasteiger partial charge in [0.05, 0.1) is 12.6 Å². The van der Waals surface area contributed by atoms with E-state index in [2.05, 4.69) is 15.6 Å². The molecule has 10 nitrogen and oxygen atoms in total. The van der Waals surface area contributed by atoms with Gasteiger partial charge in [0.15, 0.2) is 0 Å². The monoisotopic (exact) mass is 428 g/mol. The van der Waals surface area contributed by atoms with Crippen molar-refractivity contribution in [2.24, 2.45) is 11.5 Å². The molecule has 0 aliphatic carbocycles. The van der Waals surface area contributed by atoms with E-state index in [1.54, 1.807) is 13.1 Å². The molecular weight excluding hydrogens is 400 g/mol. The number of para-hydroxylation sites is 1. The van der Waals surface area contributed by atoms with Gasteiger partial charge in [-0.05, 0) is 31.4 Å². The Balaban J connectivity index is 1.56. The molecule has 3 atom stereocenters. The van der Waals surface area contributed by atoms with Crippen molar-refractivity contribution in [3.63, 3.8) is 0 Å². The standard InChI is InChI=1S/C21H28N6O4/c1-12(22)21(31)27-8-4-7-17(27)20(30)25-11-18(28)26-16(19(23)29)9-13-10-24-15-6-3-2-5-14(13)15/h2-3,5-6,10,12,16-17,24H,4,7-9,11,22H2,1H3,(H2,23,29)(H,25,30)(H,26,28)/t12-,16-,17?/m0/s1. The van der Waals surface area contributed by atoms with Crippen molar-refractivity contribution in [3.05, 3.63) is 36.0 Å². The Bertz CT molecular complexity index is 985. The molecule has 0 saturated carbocycles. The topological polar surface area (TPSA) is 163 Å². The first-order chi connectivity index (χ1) is 14.8. The normalized spacial score (nSPS) is 17.9. The quantitative estimate of drug-likeness (QED) is 0.369. The molecule has 0 bridgehead atoms. The molecule has 0 spiro atoms. The maximum atomic E-state index is 12.5. The van der Waals surface area contributed by atoms with E-state index in [1.165, 1.54) is 4.90 Å². The maximum Gasteiger partial charge on any atom is 0.243 e. The number of likely N-dealkylation sites (tertiary alicyclic amines) is 1. The molecule has 2 aromatic rings. The van der Waals surface area contributed by atoms with Crippen molar-refractivity contribution < 1.29 is 19.2 Å². The number of aromatic nitrogens is 1. The summed E-state index contributed by atoms with van der Waals surface area (Å²) in [5.74, 6) is -1.93. The van der Waals surface area contributed by atoms with Crippen LogP contribution in [0.1, 0.15) is 25.3 Å². The molecule has 3 rings (SSSR count). The number of H-pyrrole nitrogens is 1.